The largest absolute Gasteiger partial charge is 0.0776 e. The molecule has 0 aromatic rings. The molecule has 8 rings (SSSR count). The third-order valence-electron chi connectivity index (χ3n) is 22.2. The highest BCUT2D eigenvalue weighted by Crippen LogP contribution is 2.54. The summed E-state index contributed by atoms with van der Waals surface area (Å²) < 4.78 is 0. The zero-order valence-electron chi connectivity index (χ0n) is 62.1. The van der Waals surface area contributed by atoms with E-state index >= 15 is 0 Å². The molecule has 8 aliphatic rings. The molecule has 1 unspecified atom stereocenters. The molecule has 0 spiro atoms. The maximum Gasteiger partial charge on any atom is -0.0344 e. The minimum Gasteiger partial charge on any atom is -0.0776 e. The summed E-state index contributed by atoms with van der Waals surface area (Å²) in [5.41, 5.74) is 7.31. The van der Waals surface area contributed by atoms with Gasteiger partial charge in [0.15, 0.2) is 0 Å². The monoisotopic (exact) mass is 1150 g/mol. The molecule has 0 heterocycles. The molecule has 0 nitrogen and oxygen atoms in total. The van der Waals surface area contributed by atoms with Crippen molar-refractivity contribution in [1.82, 2.24) is 0 Å². The lowest BCUT2D eigenvalue weighted by Gasteiger charge is -2.49. The second-order valence-electron chi connectivity index (χ2n) is 40.7. The maximum absolute atomic E-state index is 2.41. The molecule has 82 heavy (non-hydrogen) atoms. The topological polar surface area (TPSA) is 0 Å². The lowest BCUT2D eigenvalue weighted by molar-refractivity contribution is 0.0203. The Hall–Kier alpha value is 0. The fourth-order valence-electron chi connectivity index (χ4n) is 18.2. The minimum absolute atomic E-state index is 0. The van der Waals surface area contributed by atoms with Crippen LogP contribution in [0.3, 0.4) is 0 Å². The zero-order valence-corrected chi connectivity index (χ0v) is 62.1. The first kappa shape index (κ1) is 84.1. The Morgan fingerprint density at radius 3 is 0.756 bits per heavy atom. The molecule has 0 radical (unpaired) electrons. The van der Waals surface area contributed by atoms with Gasteiger partial charge in [-0.05, 0) is 242 Å². The van der Waals surface area contributed by atoms with Gasteiger partial charge in [-0.3, -0.25) is 0 Å². The van der Waals surface area contributed by atoms with Gasteiger partial charge >= 0.3 is 0 Å². The van der Waals surface area contributed by atoms with E-state index in [1.165, 1.54) is 205 Å². The quantitative estimate of drug-likeness (QED) is 0.245. The molecular weight excluding hydrogens is 985 g/mol. The normalized spacial score (nSPS) is 28.9. The van der Waals surface area contributed by atoms with Crippen molar-refractivity contribution in [3.05, 3.63) is 0 Å². The first-order valence-electron chi connectivity index (χ1n) is 35.9. The van der Waals surface area contributed by atoms with Crippen molar-refractivity contribution in [2.75, 3.05) is 0 Å². The van der Waals surface area contributed by atoms with Gasteiger partial charge in [0.1, 0.15) is 0 Å². The highest BCUT2D eigenvalue weighted by atomic mass is 14.5. The average Bonchev–Trinajstić information content (AvgIpc) is 3.22. The smallest absolute Gasteiger partial charge is 0.0344 e. The average molecular weight is 1150 g/mol. The van der Waals surface area contributed by atoms with Gasteiger partial charge in [0.2, 0.25) is 0 Å². The van der Waals surface area contributed by atoms with Crippen LogP contribution in [0.5, 0.6) is 0 Å². The van der Waals surface area contributed by atoms with E-state index in [2.05, 4.69) is 208 Å². The second kappa shape index (κ2) is 34.8. The van der Waals surface area contributed by atoms with Gasteiger partial charge in [0.25, 0.3) is 0 Å². The molecule has 0 N–H and O–H groups in total. The summed E-state index contributed by atoms with van der Waals surface area (Å²) in [6.45, 7) is 71.8. The van der Waals surface area contributed by atoms with Crippen molar-refractivity contribution in [1.29, 1.82) is 0 Å². The molecule has 0 aromatic heterocycles. The van der Waals surface area contributed by atoms with Crippen LogP contribution in [0.4, 0.5) is 0 Å². The molecule has 8 aliphatic carbocycles. The van der Waals surface area contributed by atoms with Gasteiger partial charge in [0.05, 0.1) is 0 Å². The van der Waals surface area contributed by atoms with Crippen molar-refractivity contribution in [2.24, 2.45) is 100 Å². The van der Waals surface area contributed by atoms with Crippen molar-refractivity contribution >= 4 is 0 Å². The molecule has 0 aromatic carbocycles. The molecule has 0 aliphatic heterocycles. The van der Waals surface area contributed by atoms with Crippen LogP contribution in [0, 0.1) is 100 Å². The van der Waals surface area contributed by atoms with E-state index in [1.807, 2.05) is 0 Å². The van der Waals surface area contributed by atoms with Crippen LogP contribution in [0.25, 0.3) is 0 Å². The highest BCUT2D eigenvalue weighted by Gasteiger charge is 2.42. The van der Waals surface area contributed by atoms with E-state index in [0.29, 0.717) is 65.0 Å². The lowest BCUT2D eigenvalue weighted by Crippen LogP contribution is -2.38. The first-order chi connectivity index (χ1) is 35.9. The third-order valence-corrected chi connectivity index (χ3v) is 22.2. The van der Waals surface area contributed by atoms with Crippen molar-refractivity contribution in [3.63, 3.8) is 0 Å². The van der Waals surface area contributed by atoms with E-state index in [0.717, 1.165) is 35.5 Å². The lowest BCUT2D eigenvalue weighted by atomic mass is 9.56. The van der Waals surface area contributed by atoms with Crippen LogP contribution < -0.4 is 0 Å². The first-order valence-corrected chi connectivity index (χ1v) is 35.9. The Morgan fingerprint density at radius 2 is 0.537 bits per heavy atom. The van der Waals surface area contributed by atoms with Gasteiger partial charge < -0.3 is 0 Å². The minimum atomic E-state index is 0. The van der Waals surface area contributed by atoms with Crippen LogP contribution >= 0.6 is 0 Å². The Labute approximate surface area is 525 Å². The SMILES string of the molecule is C.C.CC(C)C1CCC(C)(C)CC1.CC1(C)CC(C)(C)CC(C)(C)C1.CC1(C)CCC(C(C)(C)C)CC1.CC1(C)CCCC(C)(C)C1.CC1(C)CCCCC1.CC1CCC(C)(C)CC1.CC1CCCC(C)(C)C1.C[C@@H]1CCCC(C)(C)C1. The summed E-state index contributed by atoms with van der Waals surface area (Å²) in [6.07, 6.45) is 46.0. The Kier molecular flexibility index (Phi) is 35.7. The molecule has 0 bridgehead atoms. The summed E-state index contributed by atoms with van der Waals surface area (Å²) in [4.78, 5) is 0. The molecule has 0 saturated heterocycles. The molecule has 0 amide bonds. The summed E-state index contributed by atoms with van der Waals surface area (Å²) >= 11 is 0. The van der Waals surface area contributed by atoms with Gasteiger partial charge in [-0.2, -0.15) is 0 Å². The van der Waals surface area contributed by atoms with Crippen LogP contribution in [-0.2, 0) is 0 Å². The fourth-order valence-corrected chi connectivity index (χ4v) is 18.2. The number of hydrogen-bond acceptors (Lipinski definition) is 0. The van der Waals surface area contributed by atoms with Gasteiger partial charge in [-0.25, -0.2) is 0 Å². The van der Waals surface area contributed by atoms with Gasteiger partial charge in [-0.1, -0.05) is 287 Å². The van der Waals surface area contributed by atoms with E-state index in [9.17, 15) is 0 Å². The zero-order chi connectivity index (χ0) is 62.1. The van der Waals surface area contributed by atoms with E-state index in [4.69, 9.17) is 0 Å². The predicted octanol–water partition coefficient (Wildman–Crippen LogP) is 29.9. The summed E-state index contributed by atoms with van der Waals surface area (Å²) in [5.74, 6) is 5.85. The number of hydrogen-bond donors (Lipinski definition) is 0. The highest BCUT2D eigenvalue weighted by molar-refractivity contribution is 4.93. The van der Waals surface area contributed by atoms with Gasteiger partial charge in [-0.15, -0.1) is 0 Å². The summed E-state index contributed by atoms with van der Waals surface area (Å²) in [6, 6.07) is 0. The Balaban J connectivity index is 0. The Bertz CT molecular complexity index is 1510. The molecule has 8 fully saturated rings. The van der Waals surface area contributed by atoms with Crippen LogP contribution in [-0.4, -0.2) is 0 Å². The van der Waals surface area contributed by atoms with Gasteiger partial charge in [0, 0.05) is 0 Å². The molecule has 0 heteroatoms. The molecular formula is C82H168. The van der Waals surface area contributed by atoms with Crippen LogP contribution in [0.1, 0.15) is 428 Å². The third kappa shape index (κ3) is 39.8. The van der Waals surface area contributed by atoms with E-state index in [-0.39, 0.29) is 14.9 Å². The molecule has 496 valence electrons. The summed E-state index contributed by atoms with van der Waals surface area (Å²) in [5, 5.41) is 0. The predicted molar refractivity (Wildman–Crippen MR) is 382 cm³/mol. The molecule has 8 saturated carbocycles. The van der Waals surface area contributed by atoms with E-state index < -0.39 is 0 Å². The van der Waals surface area contributed by atoms with Crippen LogP contribution in [0.15, 0.2) is 0 Å². The maximum atomic E-state index is 2.41. The fraction of sp³-hybridized carbons (Fsp3) is 1.00. The second-order valence-corrected chi connectivity index (χ2v) is 40.7. The van der Waals surface area contributed by atoms with Crippen LogP contribution in [0.2, 0.25) is 0 Å². The van der Waals surface area contributed by atoms with E-state index in [1.54, 1.807) is 0 Å². The number of rotatable bonds is 1. The molecule has 2 atom stereocenters. The van der Waals surface area contributed by atoms with Crippen molar-refractivity contribution in [3.8, 4) is 0 Å². The van der Waals surface area contributed by atoms with Crippen molar-refractivity contribution < 1.29 is 0 Å². The van der Waals surface area contributed by atoms with Crippen molar-refractivity contribution in [2.45, 2.75) is 428 Å². The summed E-state index contributed by atoms with van der Waals surface area (Å²) in [7, 11) is 0. The Morgan fingerprint density at radius 1 is 0.268 bits per heavy atom. The standard InChI is InChI=1S/2C12H24.C11H22.C10H20.3C9H18.C8H16.2CH4/c1-10(2)7-11(3,4)9-12(5,6)8-10;1-11(2,3)10-6-8-12(4,5)9-7-10;1-9(2)10-5-7-11(3,4)8-6-10;1-9(2)6-5-7-10(3,4)8-9;1-8-4-6-9(2,3)7-5-8;2*1-8-5-4-6-9(2,3)7-8;1-8(2)6-4-3-5-7-8;;/h7-9H2,1-6H3;10H,6-9H2,1-5H3;9-10H,5-8H2,1-4H3;5-8H2,1-4H3;3*8H,4-7H2,1-3H3;3-7H2,1-2H3;2*1H4/t;;;;;8-;;;;/m.....1..../s1.